The van der Waals surface area contributed by atoms with Gasteiger partial charge in [0, 0.05) is 12.3 Å². The Balaban J connectivity index is 2.08. The predicted octanol–water partition coefficient (Wildman–Crippen LogP) is 1.83. The van der Waals surface area contributed by atoms with Gasteiger partial charge in [-0.2, -0.15) is 0 Å². The van der Waals surface area contributed by atoms with Crippen LogP contribution >= 0.6 is 0 Å². The monoisotopic (exact) mass is 217 g/mol. The van der Waals surface area contributed by atoms with E-state index in [2.05, 4.69) is 18.3 Å². The van der Waals surface area contributed by atoms with Crippen LogP contribution in [0.3, 0.4) is 0 Å². The molecule has 2 unspecified atom stereocenters. The fourth-order valence-corrected chi connectivity index (χ4v) is 2.72. The number of carbonyl (C=O) groups is 1. The van der Waals surface area contributed by atoms with Gasteiger partial charge < -0.3 is 10.1 Å². The van der Waals surface area contributed by atoms with Crippen LogP contribution in [0.5, 0.6) is 5.75 Å². The van der Waals surface area contributed by atoms with Crippen LogP contribution < -0.4 is 10.1 Å². The Labute approximate surface area is 94.8 Å². The molecule has 16 heavy (non-hydrogen) atoms. The van der Waals surface area contributed by atoms with Crippen molar-refractivity contribution in [3.05, 3.63) is 29.8 Å². The Bertz CT molecular complexity index is 443. The molecular weight excluding hydrogens is 202 g/mol. The van der Waals surface area contributed by atoms with Gasteiger partial charge in [0.25, 0.3) is 0 Å². The highest BCUT2D eigenvalue weighted by Gasteiger charge is 2.40. The summed E-state index contributed by atoms with van der Waals surface area (Å²) in [7, 11) is 0. The van der Waals surface area contributed by atoms with Crippen LogP contribution in [0.15, 0.2) is 24.3 Å². The van der Waals surface area contributed by atoms with Crippen LogP contribution in [0.25, 0.3) is 0 Å². The van der Waals surface area contributed by atoms with Crippen molar-refractivity contribution in [2.45, 2.75) is 31.3 Å². The van der Waals surface area contributed by atoms with Gasteiger partial charge in [-0.15, -0.1) is 0 Å². The summed E-state index contributed by atoms with van der Waals surface area (Å²) in [6.07, 6.45) is 1.50. The molecule has 0 radical (unpaired) electrons. The van der Waals surface area contributed by atoms with Crippen molar-refractivity contribution in [3.63, 3.8) is 0 Å². The number of hydrogen-bond acceptors (Lipinski definition) is 2. The van der Waals surface area contributed by atoms with E-state index in [1.165, 1.54) is 5.56 Å². The fraction of sp³-hybridized carbons (Fsp3) is 0.462. The Morgan fingerprint density at radius 1 is 1.44 bits per heavy atom. The summed E-state index contributed by atoms with van der Waals surface area (Å²) in [6, 6.07) is 8.05. The van der Waals surface area contributed by atoms with Crippen LogP contribution in [0, 0.1) is 0 Å². The van der Waals surface area contributed by atoms with Gasteiger partial charge in [-0.25, -0.2) is 0 Å². The van der Waals surface area contributed by atoms with E-state index >= 15 is 0 Å². The maximum atomic E-state index is 11.6. The zero-order chi connectivity index (χ0) is 11.2. The second-order valence-corrected chi connectivity index (χ2v) is 4.97. The lowest BCUT2D eigenvalue weighted by Gasteiger charge is -2.37. The molecule has 1 aromatic carbocycles. The molecular formula is C13H15NO2. The molecule has 2 heterocycles. The van der Waals surface area contributed by atoms with Gasteiger partial charge in [-0.05, 0) is 25.0 Å². The molecule has 0 saturated carbocycles. The highest BCUT2D eigenvalue weighted by atomic mass is 16.5. The van der Waals surface area contributed by atoms with Crippen LogP contribution in [-0.4, -0.2) is 18.1 Å². The molecule has 0 aliphatic carbocycles. The van der Waals surface area contributed by atoms with E-state index in [0.29, 0.717) is 18.9 Å². The Kier molecular flexibility index (Phi) is 1.96. The summed E-state index contributed by atoms with van der Waals surface area (Å²) in [5.74, 6) is 1.38. The molecule has 3 nitrogen and oxygen atoms in total. The van der Waals surface area contributed by atoms with E-state index in [1.807, 2.05) is 18.2 Å². The minimum atomic E-state index is -0.245. The molecule has 2 bridgehead atoms. The number of benzene rings is 1. The Morgan fingerprint density at radius 3 is 3.12 bits per heavy atom. The van der Waals surface area contributed by atoms with E-state index < -0.39 is 0 Å². The number of para-hydroxylation sites is 1. The number of nitrogens with one attached hydrogen (secondary N) is 1. The summed E-state index contributed by atoms with van der Waals surface area (Å²) in [6.45, 7) is 2.68. The summed E-state index contributed by atoms with van der Waals surface area (Å²) >= 11 is 0. The zero-order valence-corrected chi connectivity index (χ0v) is 9.32. The van der Waals surface area contributed by atoms with Crippen molar-refractivity contribution in [1.29, 1.82) is 0 Å². The van der Waals surface area contributed by atoms with Gasteiger partial charge >= 0.3 is 0 Å². The van der Waals surface area contributed by atoms with Gasteiger partial charge in [0.05, 0.1) is 6.54 Å². The molecule has 2 aliphatic rings. The lowest BCUT2D eigenvalue weighted by molar-refractivity contribution is -0.121. The van der Waals surface area contributed by atoms with Crippen LogP contribution in [0.4, 0.5) is 0 Å². The molecule has 1 N–H and O–H groups in total. The molecule has 0 spiro atoms. The minimum Gasteiger partial charge on any atom is -0.485 e. The maximum absolute atomic E-state index is 11.6. The van der Waals surface area contributed by atoms with Crippen LogP contribution in [-0.2, 0) is 4.79 Å². The number of hydrogen-bond donors (Lipinski definition) is 1. The van der Waals surface area contributed by atoms with E-state index in [9.17, 15) is 4.79 Å². The first kappa shape index (κ1) is 9.70. The Morgan fingerprint density at radius 2 is 2.25 bits per heavy atom. The second kappa shape index (κ2) is 3.24. The Hall–Kier alpha value is -1.51. The predicted molar refractivity (Wildman–Crippen MR) is 60.5 cm³/mol. The van der Waals surface area contributed by atoms with Crippen molar-refractivity contribution in [1.82, 2.24) is 5.32 Å². The third-order valence-electron chi connectivity index (χ3n) is 3.48. The number of rotatable bonds is 0. The number of ether oxygens (including phenoxy) is 1. The molecule has 2 aliphatic heterocycles. The zero-order valence-electron chi connectivity index (χ0n) is 9.32. The van der Waals surface area contributed by atoms with E-state index in [-0.39, 0.29) is 11.5 Å². The minimum absolute atomic E-state index is 0.133. The van der Waals surface area contributed by atoms with E-state index in [1.54, 1.807) is 0 Å². The lowest BCUT2D eigenvalue weighted by Crippen LogP contribution is -2.44. The standard InChI is InChI=1S/C13H15NO2/c1-13-7-9(6-12(15)14-8-13)10-4-2-3-5-11(10)16-13/h2-5,9H,6-8H2,1H3,(H,14,15). The average Bonchev–Trinajstić information content (AvgIpc) is 2.37. The summed E-state index contributed by atoms with van der Waals surface area (Å²) in [5.41, 5.74) is 0.933. The largest absolute Gasteiger partial charge is 0.485 e. The fourth-order valence-electron chi connectivity index (χ4n) is 2.72. The molecule has 0 aromatic heterocycles. The molecule has 84 valence electrons. The first-order chi connectivity index (χ1) is 7.66. The summed E-state index contributed by atoms with van der Waals surface area (Å²) < 4.78 is 6.00. The summed E-state index contributed by atoms with van der Waals surface area (Å²) in [5, 5.41) is 2.93. The smallest absolute Gasteiger partial charge is 0.220 e. The van der Waals surface area contributed by atoms with Crippen LogP contribution in [0.2, 0.25) is 0 Å². The molecule has 1 saturated heterocycles. The normalized spacial score (nSPS) is 32.1. The third kappa shape index (κ3) is 1.47. The molecule has 3 heteroatoms. The van der Waals surface area contributed by atoms with Crippen molar-refractivity contribution in [2.24, 2.45) is 0 Å². The maximum Gasteiger partial charge on any atom is 0.220 e. The van der Waals surface area contributed by atoms with Crippen LogP contribution in [0.1, 0.15) is 31.2 Å². The lowest BCUT2D eigenvalue weighted by atomic mass is 9.83. The second-order valence-electron chi connectivity index (χ2n) is 4.97. The summed E-state index contributed by atoms with van der Waals surface area (Å²) in [4.78, 5) is 11.6. The third-order valence-corrected chi connectivity index (χ3v) is 3.48. The quantitative estimate of drug-likeness (QED) is 0.720. The topological polar surface area (TPSA) is 38.3 Å². The van der Waals surface area contributed by atoms with Gasteiger partial charge in [-0.3, -0.25) is 4.79 Å². The molecule has 1 amide bonds. The molecule has 3 rings (SSSR count). The number of amides is 1. The molecule has 2 atom stereocenters. The van der Waals surface area contributed by atoms with Gasteiger partial charge in [0.1, 0.15) is 11.4 Å². The van der Waals surface area contributed by atoms with E-state index in [0.717, 1.165) is 12.2 Å². The van der Waals surface area contributed by atoms with Gasteiger partial charge in [0.15, 0.2) is 0 Å². The number of fused-ring (bicyclic) bond motifs is 4. The number of carbonyl (C=O) groups excluding carboxylic acids is 1. The first-order valence-electron chi connectivity index (χ1n) is 5.71. The highest BCUT2D eigenvalue weighted by molar-refractivity contribution is 5.77. The van der Waals surface area contributed by atoms with Crippen molar-refractivity contribution in [3.8, 4) is 5.75 Å². The van der Waals surface area contributed by atoms with Gasteiger partial charge in [-0.1, -0.05) is 18.2 Å². The van der Waals surface area contributed by atoms with Gasteiger partial charge in [0.2, 0.25) is 5.91 Å². The van der Waals surface area contributed by atoms with Crippen molar-refractivity contribution in [2.75, 3.05) is 6.54 Å². The van der Waals surface area contributed by atoms with E-state index in [4.69, 9.17) is 4.74 Å². The average molecular weight is 217 g/mol. The molecule has 1 aromatic rings. The first-order valence-corrected chi connectivity index (χ1v) is 5.71. The molecule has 1 fully saturated rings. The van der Waals surface area contributed by atoms with Crippen molar-refractivity contribution >= 4 is 5.91 Å². The SMILES string of the molecule is CC12CNC(=O)CC(C1)c1ccccc1O2. The highest BCUT2D eigenvalue weighted by Crippen LogP contribution is 2.43. The van der Waals surface area contributed by atoms with Crippen molar-refractivity contribution < 1.29 is 9.53 Å².